The van der Waals surface area contributed by atoms with E-state index in [1.165, 1.54) is 7.11 Å². The molecule has 0 aliphatic heterocycles. The zero-order chi connectivity index (χ0) is 8.85. The number of carbonyl (C=O) groups excluding carboxylic acids is 1. The van der Waals surface area contributed by atoms with Gasteiger partial charge in [-0.15, -0.1) is 5.73 Å². The first-order valence-electron chi connectivity index (χ1n) is 3.36. The maximum absolute atomic E-state index is 10.7. The number of methoxy groups -OCH3 is 1. The summed E-state index contributed by atoms with van der Waals surface area (Å²) in [6.07, 6.45) is -0.482. The summed E-state index contributed by atoms with van der Waals surface area (Å²) in [6.45, 7) is 7.31. The zero-order valence-electron chi connectivity index (χ0n) is 7.10. The Kier molecular flexibility index (Phi) is 4.08. The summed E-state index contributed by atoms with van der Waals surface area (Å²) in [7, 11) is 1.32. The average Bonchev–Trinajstić information content (AvgIpc) is 1.99. The van der Waals surface area contributed by atoms with Gasteiger partial charge in [0, 0.05) is 5.92 Å². The Bertz CT molecular complexity index is 190. The smallest absolute Gasteiger partial charge is 0.411 e. The highest BCUT2D eigenvalue weighted by Gasteiger charge is 2.05. The Hall–Kier alpha value is -1.21. The highest BCUT2D eigenvalue weighted by molar-refractivity contribution is 5.69. The highest BCUT2D eigenvalue weighted by atomic mass is 16.5. The van der Waals surface area contributed by atoms with Crippen LogP contribution in [-0.4, -0.2) is 13.2 Å². The molecule has 62 valence electrons. The van der Waals surface area contributed by atoms with Gasteiger partial charge in [-0.05, 0) is 0 Å². The van der Waals surface area contributed by atoms with E-state index in [2.05, 4.69) is 22.4 Å². The third-order valence-electron chi connectivity index (χ3n) is 1.19. The molecule has 0 unspecified atom stereocenters. The van der Waals surface area contributed by atoms with Crippen LogP contribution in [0.5, 0.6) is 0 Å². The number of ether oxygens (including phenoxy) is 1. The third-order valence-corrected chi connectivity index (χ3v) is 1.19. The van der Waals surface area contributed by atoms with Crippen LogP contribution in [-0.2, 0) is 4.74 Å². The van der Waals surface area contributed by atoms with Crippen LogP contribution in [0.3, 0.4) is 0 Å². The Morgan fingerprint density at radius 2 is 2.18 bits per heavy atom. The quantitative estimate of drug-likeness (QED) is 0.616. The lowest BCUT2D eigenvalue weighted by Gasteiger charge is -2.08. The molecule has 1 amide bonds. The summed E-state index contributed by atoms with van der Waals surface area (Å²) >= 11 is 0. The molecule has 0 fully saturated rings. The zero-order valence-corrected chi connectivity index (χ0v) is 7.10. The third kappa shape index (κ3) is 3.48. The topological polar surface area (TPSA) is 38.3 Å². The molecule has 0 bridgehead atoms. The van der Waals surface area contributed by atoms with Crippen molar-refractivity contribution in [2.24, 2.45) is 5.92 Å². The van der Waals surface area contributed by atoms with Crippen molar-refractivity contribution in [3.05, 3.63) is 18.0 Å². The van der Waals surface area contributed by atoms with Gasteiger partial charge in [-0.2, -0.15) is 0 Å². The number of hydrogen-bond acceptors (Lipinski definition) is 2. The fourth-order valence-corrected chi connectivity index (χ4v) is 0.554. The minimum absolute atomic E-state index is 0.201. The molecule has 3 heteroatoms. The summed E-state index contributed by atoms with van der Waals surface area (Å²) in [4.78, 5) is 10.7. The van der Waals surface area contributed by atoms with E-state index in [-0.39, 0.29) is 5.92 Å². The fourth-order valence-electron chi connectivity index (χ4n) is 0.554. The van der Waals surface area contributed by atoms with Gasteiger partial charge in [0.2, 0.25) is 0 Å². The second-order valence-electron chi connectivity index (χ2n) is 2.36. The minimum atomic E-state index is -0.482. The van der Waals surface area contributed by atoms with Gasteiger partial charge >= 0.3 is 6.09 Å². The molecule has 0 aliphatic carbocycles. The van der Waals surface area contributed by atoms with Crippen molar-refractivity contribution in [2.45, 2.75) is 13.8 Å². The second kappa shape index (κ2) is 4.58. The molecule has 0 radical (unpaired) electrons. The van der Waals surface area contributed by atoms with Gasteiger partial charge in [0.05, 0.1) is 12.8 Å². The first-order chi connectivity index (χ1) is 5.11. The molecule has 0 aromatic rings. The number of allylic oxidation sites excluding steroid dienone is 1. The number of nitrogens with one attached hydrogen (secondary N) is 1. The van der Waals surface area contributed by atoms with E-state index in [4.69, 9.17) is 0 Å². The van der Waals surface area contributed by atoms with Crippen molar-refractivity contribution in [1.82, 2.24) is 5.32 Å². The van der Waals surface area contributed by atoms with Crippen molar-refractivity contribution in [3.8, 4) is 0 Å². The summed E-state index contributed by atoms with van der Waals surface area (Å²) in [6, 6.07) is 0. The van der Waals surface area contributed by atoms with Gasteiger partial charge in [0.1, 0.15) is 0 Å². The molecule has 0 aromatic heterocycles. The molecule has 0 saturated heterocycles. The summed E-state index contributed by atoms with van der Waals surface area (Å²) in [5, 5.41) is 2.50. The van der Waals surface area contributed by atoms with E-state index in [0.29, 0.717) is 5.70 Å². The van der Waals surface area contributed by atoms with E-state index in [9.17, 15) is 4.79 Å². The van der Waals surface area contributed by atoms with E-state index in [1.807, 2.05) is 13.8 Å². The minimum Gasteiger partial charge on any atom is -0.453 e. The van der Waals surface area contributed by atoms with Crippen molar-refractivity contribution in [1.29, 1.82) is 0 Å². The monoisotopic (exact) mass is 155 g/mol. The van der Waals surface area contributed by atoms with Crippen molar-refractivity contribution in [2.75, 3.05) is 7.11 Å². The molecule has 0 atom stereocenters. The van der Waals surface area contributed by atoms with Crippen LogP contribution < -0.4 is 5.32 Å². The fraction of sp³-hybridized carbons (Fsp3) is 0.500. The Morgan fingerprint density at radius 1 is 1.64 bits per heavy atom. The van der Waals surface area contributed by atoms with Gasteiger partial charge in [-0.1, -0.05) is 20.4 Å². The molecule has 0 rings (SSSR count). The van der Waals surface area contributed by atoms with E-state index < -0.39 is 6.09 Å². The Labute approximate surface area is 66.7 Å². The van der Waals surface area contributed by atoms with E-state index in [1.54, 1.807) is 0 Å². The molecular weight excluding hydrogens is 142 g/mol. The lowest BCUT2D eigenvalue weighted by Crippen LogP contribution is -2.24. The van der Waals surface area contributed by atoms with Crippen LogP contribution in [0.4, 0.5) is 4.79 Å². The molecule has 3 nitrogen and oxygen atoms in total. The Morgan fingerprint density at radius 3 is 2.45 bits per heavy atom. The summed E-state index contributed by atoms with van der Waals surface area (Å²) < 4.78 is 4.39. The normalized spacial score (nSPS) is 8.73. The Balaban J connectivity index is 4.12. The van der Waals surface area contributed by atoms with Gasteiger partial charge in [-0.3, -0.25) is 5.32 Å². The van der Waals surface area contributed by atoms with Crippen molar-refractivity contribution >= 4 is 6.09 Å². The van der Waals surface area contributed by atoms with Crippen LogP contribution in [0.15, 0.2) is 18.0 Å². The summed E-state index contributed by atoms with van der Waals surface area (Å²) in [5.74, 6) is 0.201. The standard InChI is InChI=1S/C8H13NO2/c1-5-7(6(2)3)9-8(10)11-4/h6H,1H2,2-4H3,(H,9,10). The van der Waals surface area contributed by atoms with E-state index in [0.717, 1.165) is 0 Å². The number of rotatable bonds is 2. The second-order valence-corrected chi connectivity index (χ2v) is 2.36. The molecule has 0 aromatic carbocycles. The number of carbonyl (C=O) groups is 1. The van der Waals surface area contributed by atoms with Crippen LogP contribution in [0.25, 0.3) is 0 Å². The molecule has 1 N–H and O–H groups in total. The lowest BCUT2D eigenvalue weighted by molar-refractivity contribution is 0.173. The summed E-state index contributed by atoms with van der Waals surface area (Å²) in [5.41, 5.74) is 3.27. The molecular formula is C8H13NO2. The average molecular weight is 155 g/mol. The van der Waals surface area contributed by atoms with Crippen molar-refractivity contribution < 1.29 is 9.53 Å². The SMILES string of the molecule is C=C=C(NC(=O)OC)C(C)C. The van der Waals surface area contributed by atoms with Crippen LogP contribution in [0.1, 0.15) is 13.8 Å². The predicted molar refractivity (Wildman–Crippen MR) is 43.0 cm³/mol. The number of alkyl carbamates (subject to hydrolysis) is 1. The highest BCUT2D eigenvalue weighted by Crippen LogP contribution is 2.02. The number of amides is 1. The van der Waals surface area contributed by atoms with Gasteiger partial charge < -0.3 is 4.74 Å². The first kappa shape index (κ1) is 9.79. The molecule has 0 spiro atoms. The van der Waals surface area contributed by atoms with Crippen molar-refractivity contribution in [3.63, 3.8) is 0 Å². The van der Waals surface area contributed by atoms with E-state index >= 15 is 0 Å². The van der Waals surface area contributed by atoms with Crippen LogP contribution in [0.2, 0.25) is 0 Å². The molecule has 11 heavy (non-hydrogen) atoms. The van der Waals surface area contributed by atoms with Gasteiger partial charge in [-0.25, -0.2) is 4.79 Å². The maximum Gasteiger partial charge on any atom is 0.411 e. The maximum atomic E-state index is 10.7. The lowest BCUT2D eigenvalue weighted by atomic mass is 10.1. The molecule has 0 heterocycles. The predicted octanol–water partition coefficient (Wildman–Crippen LogP) is 1.67. The largest absolute Gasteiger partial charge is 0.453 e. The van der Waals surface area contributed by atoms with Crippen LogP contribution in [0, 0.1) is 5.92 Å². The van der Waals surface area contributed by atoms with Gasteiger partial charge in [0.25, 0.3) is 0 Å². The molecule has 0 aliphatic rings. The molecule has 0 saturated carbocycles. The number of hydrogen-bond donors (Lipinski definition) is 1. The first-order valence-corrected chi connectivity index (χ1v) is 3.36. The van der Waals surface area contributed by atoms with Gasteiger partial charge in [0.15, 0.2) is 0 Å². The van der Waals surface area contributed by atoms with Crippen LogP contribution >= 0.6 is 0 Å².